The summed E-state index contributed by atoms with van der Waals surface area (Å²) >= 11 is 0. The fourth-order valence-corrected chi connectivity index (χ4v) is 1.18. The number of hydrogen-bond acceptors (Lipinski definition) is 3. The van der Waals surface area contributed by atoms with Gasteiger partial charge in [0.15, 0.2) is 11.5 Å². The van der Waals surface area contributed by atoms with Gasteiger partial charge in [-0.25, -0.2) is 4.79 Å². The van der Waals surface area contributed by atoms with E-state index < -0.39 is 6.09 Å². The van der Waals surface area contributed by atoms with Crippen molar-refractivity contribution in [3.8, 4) is 11.5 Å². The molecule has 0 aliphatic rings. The van der Waals surface area contributed by atoms with Gasteiger partial charge in [0.25, 0.3) is 0 Å². The van der Waals surface area contributed by atoms with Crippen LogP contribution in [0.2, 0.25) is 0 Å². The summed E-state index contributed by atoms with van der Waals surface area (Å²) in [5.41, 5.74) is 0. The molecule has 4 nitrogen and oxygen atoms in total. The van der Waals surface area contributed by atoms with E-state index in [-0.39, 0.29) is 0 Å². The second kappa shape index (κ2) is 7.33. The predicted molar refractivity (Wildman–Crippen MR) is 66.2 cm³/mol. The lowest BCUT2D eigenvalue weighted by Crippen LogP contribution is -2.21. The summed E-state index contributed by atoms with van der Waals surface area (Å²) < 4.78 is 10.5. The number of hydrogen-bond donors (Lipinski definition) is 1. The van der Waals surface area contributed by atoms with Crippen molar-refractivity contribution in [3.05, 3.63) is 36.5 Å². The van der Waals surface area contributed by atoms with Crippen LogP contribution in [0.25, 0.3) is 0 Å². The van der Waals surface area contributed by atoms with Crippen molar-refractivity contribution in [2.24, 2.45) is 0 Å². The van der Waals surface area contributed by atoms with Crippen molar-refractivity contribution in [2.75, 3.05) is 6.61 Å². The summed E-state index contributed by atoms with van der Waals surface area (Å²) in [7, 11) is 0. The van der Waals surface area contributed by atoms with Gasteiger partial charge in [-0.3, -0.25) is 5.32 Å². The largest absolute Gasteiger partial charge is 0.490 e. The highest BCUT2D eigenvalue weighted by molar-refractivity contribution is 5.72. The molecule has 0 unspecified atom stereocenters. The Hall–Kier alpha value is -1.97. The second-order valence-corrected chi connectivity index (χ2v) is 3.22. The number of carbonyl (C=O) groups excluding carboxylic acids is 1. The van der Waals surface area contributed by atoms with E-state index in [1.807, 2.05) is 26.0 Å². The lowest BCUT2D eigenvalue weighted by molar-refractivity contribution is 0.201. The minimum absolute atomic E-state index is 0.414. The fraction of sp³-hybridized carbons (Fsp3) is 0.308. The number of amides is 1. The third-order valence-corrected chi connectivity index (χ3v) is 1.91. The zero-order valence-electron chi connectivity index (χ0n) is 10.1. The van der Waals surface area contributed by atoms with Crippen LogP contribution in [0.1, 0.15) is 20.3 Å². The summed E-state index contributed by atoms with van der Waals surface area (Å²) in [6.45, 7) is 4.38. The monoisotopic (exact) mass is 235 g/mol. The van der Waals surface area contributed by atoms with Gasteiger partial charge < -0.3 is 9.47 Å². The molecule has 0 saturated carbocycles. The smallest absolute Gasteiger partial charge is 0.416 e. The molecule has 92 valence electrons. The number of rotatable bonds is 5. The first-order valence-electron chi connectivity index (χ1n) is 5.63. The van der Waals surface area contributed by atoms with Crippen molar-refractivity contribution >= 4 is 6.09 Å². The SMILES string of the molecule is CCC=CNC(=O)Oc1ccccc1OCC. The van der Waals surface area contributed by atoms with E-state index in [9.17, 15) is 4.79 Å². The van der Waals surface area contributed by atoms with Crippen LogP contribution in [0.15, 0.2) is 36.5 Å². The minimum atomic E-state index is -0.526. The Labute approximate surface area is 101 Å². The first-order chi connectivity index (χ1) is 8.27. The van der Waals surface area contributed by atoms with E-state index in [1.165, 1.54) is 0 Å². The standard InChI is InChI=1S/C13H17NO3/c1-3-5-10-14-13(15)17-12-9-7-6-8-11(12)16-4-2/h5-10H,3-4H2,1-2H3,(H,14,15). The van der Waals surface area contributed by atoms with Gasteiger partial charge in [-0.2, -0.15) is 0 Å². The summed E-state index contributed by atoms with van der Waals surface area (Å²) in [5.74, 6) is 0.973. The number of allylic oxidation sites excluding steroid dienone is 1. The van der Waals surface area contributed by atoms with Gasteiger partial charge in [0.2, 0.25) is 0 Å². The average Bonchev–Trinajstić information content (AvgIpc) is 2.32. The van der Waals surface area contributed by atoms with Gasteiger partial charge in [0.1, 0.15) is 0 Å². The average molecular weight is 235 g/mol. The molecule has 1 rings (SSSR count). The minimum Gasteiger partial charge on any atom is -0.490 e. The van der Waals surface area contributed by atoms with E-state index in [0.717, 1.165) is 6.42 Å². The van der Waals surface area contributed by atoms with Gasteiger partial charge in [0, 0.05) is 6.20 Å². The number of para-hydroxylation sites is 2. The second-order valence-electron chi connectivity index (χ2n) is 3.22. The number of carbonyl (C=O) groups is 1. The Kier molecular flexibility index (Phi) is 5.64. The molecular weight excluding hydrogens is 218 g/mol. The molecule has 0 aliphatic carbocycles. The molecule has 4 heteroatoms. The highest BCUT2D eigenvalue weighted by Gasteiger charge is 2.07. The molecule has 1 amide bonds. The van der Waals surface area contributed by atoms with Gasteiger partial charge >= 0.3 is 6.09 Å². The molecule has 0 aromatic heterocycles. The first kappa shape index (κ1) is 13.1. The highest BCUT2D eigenvalue weighted by atomic mass is 16.6. The maximum Gasteiger partial charge on any atom is 0.416 e. The predicted octanol–water partition coefficient (Wildman–Crippen LogP) is 3.10. The van der Waals surface area contributed by atoms with Crippen molar-refractivity contribution in [3.63, 3.8) is 0 Å². The maximum atomic E-state index is 11.4. The Morgan fingerprint density at radius 2 is 2.00 bits per heavy atom. The lowest BCUT2D eigenvalue weighted by Gasteiger charge is -2.09. The van der Waals surface area contributed by atoms with Gasteiger partial charge in [0.05, 0.1) is 6.61 Å². The summed E-state index contributed by atoms with van der Waals surface area (Å²) in [4.78, 5) is 11.4. The Bertz CT molecular complexity index is 388. The van der Waals surface area contributed by atoms with E-state index in [4.69, 9.17) is 9.47 Å². The third kappa shape index (κ3) is 4.59. The molecule has 17 heavy (non-hydrogen) atoms. The molecule has 1 aromatic rings. The van der Waals surface area contributed by atoms with E-state index in [0.29, 0.717) is 18.1 Å². The van der Waals surface area contributed by atoms with Crippen LogP contribution in [0.3, 0.4) is 0 Å². The zero-order valence-corrected chi connectivity index (χ0v) is 10.1. The Morgan fingerprint density at radius 1 is 1.29 bits per heavy atom. The number of benzene rings is 1. The molecule has 0 spiro atoms. The van der Waals surface area contributed by atoms with Crippen LogP contribution < -0.4 is 14.8 Å². The molecule has 0 saturated heterocycles. The summed E-state index contributed by atoms with van der Waals surface area (Å²) in [6.07, 6.45) is 3.72. The molecule has 0 fully saturated rings. The maximum absolute atomic E-state index is 11.4. The Morgan fingerprint density at radius 3 is 2.65 bits per heavy atom. The molecule has 0 bridgehead atoms. The first-order valence-corrected chi connectivity index (χ1v) is 5.63. The van der Waals surface area contributed by atoms with Gasteiger partial charge in [-0.1, -0.05) is 25.1 Å². The van der Waals surface area contributed by atoms with Crippen LogP contribution in [0, 0.1) is 0 Å². The van der Waals surface area contributed by atoms with Crippen molar-refractivity contribution in [1.29, 1.82) is 0 Å². The van der Waals surface area contributed by atoms with Crippen LogP contribution in [0.5, 0.6) is 11.5 Å². The topological polar surface area (TPSA) is 47.6 Å². The molecular formula is C13H17NO3. The number of ether oxygens (including phenoxy) is 2. The molecule has 1 N–H and O–H groups in total. The fourth-order valence-electron chi connectivity index (χ4n) is 1.18. The lowest BCUT2D eigenvalue weighted by atomic mass is 10.3. The van der Waals surface area contributed by atoms with Crippen molar-refractivity contribution < 1.29 is 14.3 Å². The quantitative estimate of drug-likeness (QED) is 0.853. The summed E-state index contributed by atoms with van der Waals surface area (Å²) in [5, 5.41) is 2.50. The van der Waals surface area contributed by atoms with Crippen molar-refractivity contribution in [2.45, 2.75) is 20.3 Å². The Balaban J connectivity index is 2.61. The van der Waals surface area contributed by atoms with E-state index in [2.05, 4.69) is 5.32 Å². The van der Waals surface area contributed by atoms with Gasteiger partial charge in [-0.15, -0.1) is 0 Å². The zero-order chi connectivity index (χ0) is 12.5. The van der Waals surface area contributed by atoms with Crippen LogP contribution in [0.4, 0.5) is 4.79 Å². The van der Waals surface area contributed by atoms with Crippen molar-refractivity contribution in [1.82, 2.24) is 5.32 Å². The molecule has 0 heterocycles. The third-order valence-electron chi connectivity index (χ3n) is 1.91. The molecule has 0 aliphatic heterocycles. The van der Waals surface area contributed by atoms with Gasteiger partial charge in [-0.05, 0) is 25.5 Å². The summed E-state index contributed by atoms with van der Waals surface area (Å²) in [6, 6.07) is 7.06. The number of nitrogens with one attached hydrogen (secondary N) is 1. The van der Waals surface area contributed by atoms with Crippen LogP contribution in [-0.2, 0) is 0 Å². The molecule has 0 atom stereocenters. The molecule has 0 radical (unpaired) electrons. The normalized spacial score (nSPS) is 10.2. The van der Waals surface area contributed by atoms with Crippen LogP contribution >= 0.6 is 0 Å². The van der Waals surface area contributed by atoms with E-state index in [1.54, 1.807) is 24.4 Å². The van der Waals surface area contributed by atoms with Crippen LogP contribution in [-0.4, -0.2) is 12.7 Å². The highest BCUT2D eigenvalue weighted by Crippen LogP contribution is 2.26. The molecule has 1 aromatic carbocycles. The van der Waals surface area contributed by atoms with E-state index >= 15 is 0 Å².